The van der Waals surface area contributed by atoms with E-state index >= 15 is 0 Å². The molecule has 2 heterocycles. The number of hydrogen-bond donors (Lipinski definition) is 3. The van der Waals surface area contributed by atoms with Crippen LogP contribution in [0.4, 0.5) is 13.2 Å². The first-order chi connectivity index (χ1) is 18.0. The Morgan fingerprint density at radius 2 is 1.82 bits per heavy atom. The largest absolute Gasteiger partial charge is 0.355 e. The molecule has 3 atom stereocenters. The molecule has 4 rings (SSSR count). The summed E-state index contributed by atoms with van der Waals surface area (Å²) >= 11 is 0. The fourth-order valence-corrected chi connectivity index (χ4v) is 5.20. The first kappa shape index (κ1) is 29.4. The second kappa shape index (κ2) is 13.1. The zero-order valence-corrected chi connectivity index (χ0v) is 21.7. The first-order valence-electron chi connectivity index (χ1n) is 12.9. The molecule has 3 fully saturated rings. The molecule has 4 amide bonds. The van der Waals surface area contributed by atoms with Gasteiger partial charge in [0.15, 0.2) is 0 Å². The molecule has 1 saturated carbocycles. The number of fused-ring (bicyclic) bond motifs is 1. The summed E-state index contributed by atoms with van der Waals surface area (Å²) in [6.07, 6.45) is 2.13. The number of carbonyl (C=O) groups excluding carboxylic acids is 4. The average Bonchev–Trinajstić information content (AvgIpc) is 3.22. The number of nitrogens with zero attached hydrogens (tertiary/aromatic N) is 2. The Hall–Kier alpha value is -3.15. The van der Waals surface area contributed by atoms with Gasteiger partial charge in [0.1, 0.15) is 11.9 Å². The number of carbonyl (C=O) groups is 4. The molecule has 0 bridgehead atoms. The van der Waals surface area contributed by atoms with E-state index in [9.17, 15) is 32.3 Å². The molecule has 0 radical (unpaired) electrons. The van der Waals surface area contributed by atoms with Crippen molar-refractivity contribution in [2.75, 3.05) is 26.7 Å². The lowest BCUT2D eigenvalue weighted by atomic mass is 9.80. The van der Waals surface area contributed by atoms with Crippen molar-refractivity contribution < 1.29 is 32.3 Å². The second-order valence-electron chi connectivity index (χ2n) is 10.1. The summed E-state index contributed by atoms with van der Waals surface area (Å²) in [7, 11) is 1.63. The summed E-state index contributed by atoms with van der Waals surface area (Å²) in [5, 5.41) is 7.93. The van der Waals surface area contributed by atoms with Gasteiger partial charge in [-0.25, -0.2) is 13.2 Å². The molecule has 1 aromatic carbocycles. The standard InChI is InChI=1S/C18H28F2N4O3.C8H8FNO/c1-11-3-4-13-5-6-23(16(26)12-7-18(19,20)8-12)10-14(17(27)24(11)13)22-15(25)9-21-2;9-8-3-1-7(2-4-8)5-10-6-11/h11-14,21H,3-10H2,1-2H3,(H,22,25);1-4,6H,5H2,(H,10,11). The Balaban J connectivity index is 0.000000304. The maximum absolute atomic E-state index is 13.2. The third kappa shape index (κ3) is 7.68. The average molecular weight is 540 g/mol. The normalized spacial score (nSPS) is 24.7. The first-order valence-corrected chi connectivity index (χ1v) is 12.9. The quantitative estimate of drug-likeness (QED) is 0.454. The van der Waals surface area contributed by atoms with Gasteiger partial charge in [0.05, 0.1) is 6.54 Å². The molecule has 1 aromatic rings. The van der Waals surface area contributed by atoms with E-state index in [1.54, 1.807) is 19.2 Å². The van der Waals surface area contributed by atoms with Crippen LogP contribution in [0, 0.1) is 11.7 Å². The summed E-state index contributed by atoms with van der Waals surface area (Å²) in [5.74, 6) is -4.58. The van der Waals surface area contributed by atoms with Crippen molar-refractivity contribution in [1.82, 2.24) is 25.8 Å². The monoisotopic (exact) mass is 539 g/mol. The molecule has 2 aliphatic heterocycles. The van der Waals surface area contributed by atoms with Gasteiger partial charge < -0.3 is 25.8 Å². The number of rotatable bonds is 7. The van der Waals surface area contributed by atoms with Crippen LogP contribution in [0.1, 0.15) is 44.6 Å². The Kier molecular flexibility index (Phi) is 10.1. The maximum Gasteiger partial charge on any atom is 0.249 e. The Morgan fingerprint density at radius 3 is 2.42 bits per heavy atom. The molecule has 38 heavy (non-hydrogen) atoms. The molecule has 9 nitrogen and oxygen atoms in total. The van der Waals surface area contributed by atoms with Gasteiger partial charge >= 0.3 is 0 Å². The van der Waals surface area contributed by atoms with Crippen LogP contribution in [-0.2, 0) is 25.7 Å². The number of amides is 4. The highest BCUT2D eigenvalue weighted by Crippen LogP contribution is 2.43. The molecule has 3 N–H and O–H groups in total. The van der Waals surface area contributed by atoms with E-state index in [0.29, 0.717) is 25.9 Å². The molecule has 1 aliphatic carbocycles. The number of hydrogen-bond acceptors (Lipinski definition) is 5. The lowest BCUT2D eigenvalue weighted by molar-refractivity contribution is -0.162. The number of halogens is 3. The number of nitrogens with one attached hydrogen (secondary N) is 3. The van der Waals surface area contributed by atoms with E-state index in [1.807, 2.05) is 11.8 Å². The van der Waals surface area contributed by atoms with E-state index in [4.69, 9.17) is 0 Å². The maximum atomic E-state index is 13.2. The lowest BCUT2D eigenvalue weighted by Gasteiger charge is -2.41. The topological polar surface area (TPSA) is 111 Å². The van der Waals surface area contributed by atoms with Gasteiger partial charge in [-0.05, 0) is 50.9 Å². The van der Waals surface area contributed by atoms with Crippen molar-refractivity contribution in [2.45, 2.75) is 69.6 Å². The van der Waals surface area contributed by atoms with Gasteiger partial charge in [0.2, 0.25) is 30.1 Å². The minimum Gasteiger partial charge on any atom is -0.355 e. The molecule has 3 aliphatic rings. The molecular weight excluding hydrogens is 503 g/mol. The van der Waals surface area contributed by atoms with Crippen molar-refractivity contribution in [2.24, 2.45) is 5.92 Å². The van der Waals surface area contributed by atoms with Crippen LogP contribution >= 0.6 is 0 Å². The molecule has 2 saturated heterocycles. The van der Waals surface area contributed by atoms with E-state index in [-0.39, 0.29) is 48.7 Å². The molecule has 0 spiro atoms. The van der Waals surface area contributed by atoms with Gasteiger partial charge in [-0.15, -0.1) is 0 Å². The molecule has 12 heteroatoms. The molecular formula is C26H36F3N5O4. The van der Waals surface area contributed by atoms with Crippen molar-refractivity contribution in [3.05, 3.63) is 35.6 Å². The fraction of sp³-hybridized carbons (Fsp3) is 0.615. The second-order valence-corrected chi connectivity index (χ2v) is 10.1. The van der Waals surface area contributed by atoms with E-state index < -0.39 is 30.7 Å². The van der Waals surface area contributed by atoms with Crippen molar-refractivity contribution >= 4 is 24.1 Å². The van der Waals surface area contributed by atoms with Crippen LogP contribution in [0.15, 0.2) is 24.3 Å². The Labute approximate surface area is 220 Å². The van der Waals surface area contributed by atoms with E-state index in [0.717, 1.165) is 18.4 Å². The highest BCUT2D eigenvalue weighted by atomic mass is 19.3. The zero-order chi connectivity index (χ0) is 27.9. The fourth-order valence-electron chi connectivity index (χ4n) is 5.20. The third-order valence-corrected chi connectivity index (χ3v) is 7.20. The van der Waals surface area contributed by atoms with E-state index in [1.165, 1.54) is 17.0 Å². The van der Waals surface area contributed by atoms with Gasteiger partial charge in [0.25, 0.3) is 0 Å². The molecule has 3 unspecified atom stereocenters. The summed E-state index contributed by atoms with van der Waals surface area (Å²) in [5.41, 5.74) is 0.888. The van der Waals surface area contributed by atoms with Crippen LogP contribution < -0.4 is 16.0 Å². The Morgan fingerprint density at radius 1 is 1.13 bits per heavy atom. The van der Waals surface area contributed by atoms with Gasteiger partial charge in [0, 0.05) is 50.5 Å². The van der Waals surface area contributed by atoms with Crippen LogP contribution in [-0.4, -0.2) is 84.7 Å². The lowest BCUT2D eigenvalue weighted by Crippen LogP contribution is -2.61. The highest BCUT2D eigenvalue weighted by Gasteiger charge is 2.50. The summed E-state index contributed by atoms with van der Waals surface area (Å²) in [4.78, 5) is 51.0. The van der Waals surface area contributed by atoms with Crippen molar-refractivity contribution in [3.63, 3.8) is 0 Å². The summed E-state index contributed by atoms with van der Waals surface area (Å²) in [6, 6.07) is 5.26. The number of likely N-dealkylation sites (N-methyl/N-ethyl adjacent to an activating group) is 1. The zero-order valence-electron chi connectivity index (χ0n) is 21.7. The third-order valence-electron chi connectivity index (χ3n) is 7.20. The summed E-state index contributed by atoms with van der Waals surface area (Å²) < 4.78 is 38.7. The number of alkyl halides is 2. The van der Waals surface area contributed by atoms with Crippen LogP contribution in [0.25, 0.3) is 0 Å². The minimum atomic E-state index is -2.77. The van der Waals surface area contributed by atoms with Crippen LogP contribution in [0.2, 0.25) is 0 Å². The predicted octanol–water partition coefficient (Wildman–Crippen LogP) is 1.42. The minimum absolute atomic E-state index is 0.0228. The highest BCUT2D eigenvalue weighted by molar-refractivity contribution is 5.90. The van der Waals surface area contributed by atoms with Crippen molar-refractivity contribution in [1.29, 1.82) is 0 Å². The molecule has 210 valence electrons. The smallest absolute Gasteiger partial charge is 0.249 e. The van der Waals surface area contributed by atoms with E-state index in [2.05, 4.69) is 16.0 Å². The van der Waals surface area contributed by atoms with Gasteiger partial charge in [-0.3, -0.25) is 19.2 Å². The van der Waals surface area contributed by atoms with Crippen LogP contribution in [0.3, 0.4) is 0 Å². The number of benzene rings is 1. The molecule has 0 aromatic heterocycles. The van der Waals surface area contributed by atoms with Gasteiger partial charge in [-0.1, -0.05) is 12.1 Å². The Bertz CT molecular complexity index is 986. The predicted molar refractivity (Wildman–Crippen MR) is 133 cm³/mol. The van der Waals surface area contributed by atoms with Crippen LogP contribution in [0.5, 0.6) is 0 Å². The van der Waals surface area contributed by atoms with Gasteiger partial charge in [-0.2, -0.15) is 0 Å². The van der Waals surface area contributed by atoms with Crippen molar-refractivity contribution in [3.8, 4) is 0 Å². The summed E-state index contributed by atoms with van der Waals surface area (Å²) in [6.45, 7) is 2.95. The SMILES string of the molecule is CNCC(=O)NC1CN(C(=O)C2CC(F)(F)C2)CCC2CCC(C)N2C1=O.O=CNCc1ccc(F)cc1.